The van der Waals surface area contributed by atoms with Gasteiger partial charge in [-0.05, 0) is 75.7 Å². The van der Waals surface area contributed by atoms with Gasteiger partial charge in [-0.2, -0.15) is 9.78 Å². The van der Waals surface area contributed by atoms with Crippen LogP contribution in [0.4, 0.5) is 11.4 Å². The van der Waals surface area contributed by atoms with E-state index in [1.54, 1.807) is 57.2 Å². The molecule has 0 unspecified atom stereocenters. The van der Waals surface area contributed by atoms with Crippen molar-refractivity contribution in [1.29, 1.82) is 0 Å². The Bertz CT molecular complexity index is 1710. The molecular formula is C28H29N5O7S. The van der Waals surface area contributed by atoms with Gasteiger partial charge in [-0.1, -0.05) is 12.1 Å². The molecule has 214 valence electrons. The summed E-state index contributed by atoms with van der Waals surface area (Å²) >= 11 is 0. The zero-order chi connectivity index (χ0) is 29.9. The highest BCUT2D eigenvalue weighted by atomic mass is 32.2. The normalized spacial score (nSPS) is 11.4. The number of methoxy groups -OCH3 is 1. The van der Waals surface area contributed by atoms with E-state index in [9.17, 15) is 23.3 Å². The number of sulfonamides is 1. The Kier molecular flexibility index (Phi) is 8.40. The monoisotopic (exact) mass is 579 g/mol. The van der Waals surface area contributed by atoms with Gasteiger partial charge in [-0.15, -0.1) is 0 Å². The maximum Gasteiger partial charge on any atom is 0.276 e. The first-order valence-corrected chi connectivity index (χ1v) is 14.0. The van der Waals surface area contributed by atoms with E-state index < -0.39 is 37.5 Å². The Morgan fingerprint density at radius 1 is 1.05 bits per heavy atom. The highest BCUT2D eigenvalue weighted by Crippen LogP contribution is 2.36. The number of nitrogens with zero attached hydrogens (tertiary/aromatic N) is 3. The summed E-state index contributed by atoms with van der Waals surface area (Å²) in [5, 5.41) is 18.8. The summed E-state index contributed by atoms with van der Waals surface area (Å²) < 4.78 is 41.5. The van der Waals surface area contributed by atoms with Crippen LogP contribution in [-0.4, -0.2) is 42.2 Å². The van der Waals surface area contributed by atoms with Crippen molar-refractivity contribution >= 4 is 27.3 Å². The van der Waals surface area contributed by atoms with Gasteiger partial charge in [0.2, 0.25) is 15.9 Å². The highest BCUT2D eigenvalue weighted by Gasteiger charge is 2.28. The predicted octanol–water partition coefficient (Wildman–Crippen LogP) is 5.14. The Morgan fingerprint density at radius 3 is 2.37 bits per heavy atom. The molecule has 3 aromatic carbocycles. The highest BCUT2D eigenvalue weighted by molar-refractivity contribution is 7.89. The average Bonchev–Trinajstić information content (AvgIpc) is 3.23. The molecule has 1 aromatic heterocycles. The second kappa shape index (κ2) is 11.8. The Hall–Kier alpha value is -4.75. The molecule has 2 N–H and O–H groups in total. The predicted molar refractivity (Wildman–Crippen MR) is 153 cm³/mol. The molecule has 12 nitrogen and oxygen atoms in total. The number of benzene rings is 3. The van der Waals surface area contributed by atoms with Gasteiger partial charge in [0, 0.05) is 29.4 Å². The van der Waals surface area contributed by atoms with Crippen LogP contribution in [0.2, 0.25) is 0 Å². The lowest BCUT2D eigenvalue weighted by Gasteiger charge is -2.15. The van der Waals surface area contributed by atoms with Crippen LogP contribution < -0.4 is 19.5 Å². The second-order valence-corrected chi connectivity index (χ2v) is 11.2. The molecule has 0 bridgehead atoms. The fraction of sp³-hybridized carbons (Fsp3) is 0.214. The number of amides is 1. The smallest absolute Gasteiger partial charge is 0.276 e. The summed E-state index contributed by atoms with van der Waals surface area (Å²) in [7, 11) is -2.70. The van der Waals surface area contributed by atoms with Crippen molar-refractivity contribution in [1.82, 2.24) is 14.5 Å². The zero-order valence-corrected chi connectivity index (χ0v) is 23.9. The van der Waals surface area contributed by atoms with E-state index in [1.165, 1.54) is 17.9 Å². The lowest BCUT2D eigenvalue weighted by Crippen LogP contribution is -2.30. The summed E-state index contributed by atoms with van der Waals surface area (Å²) in [5.41, 5.74) is 1.92. The molecule has 0 aliphatic carbocycles. The third-order valence-electron chi connectivity index (χ3n) is 5.90. The number of nitro groups is 1. The van der Waals surface area contributed by atoms with Gasteiger partial charge in [-0.3, -0.25) is 14.9 Å². The van der Waals surface area contributed by atoms with Crippen molar-refractivity contribution in [3.8, 4) is 23.1 Å². The molecule has 0 aliphatic heterocycles. The number of carbonyl (C=O) groups excluding carboxylic acids is 1. The Morgan fingerprint density at radius 2 is 1.76 bits per heavy atom. The first kappa shape index (κ1) is 29.2. The van der Waals surface area contributed by atoms with Crippen LogP contribution >= 0.6 is 0 Å². The van der Waals surface area contributed by atoms with Crippen LogP contribution in [0.25, 0.3) is 5.69 Å². The molecule has 41 heavy (non-hydrogen) atoms. The first-order chi connectivity index (χ1) is 19.4. The number of non-ortho nitro benzene ring substituents is 1. The molecule has 0 fully saturated rings. The number of hydrogen-bond donors (Lipinski definition) is 2. The lowest BCUT2D eigenvalue weighted by atomic mass is 10.2. The zero-order valence-electron chi connectivity index (χ0n) is 23.0. The van der Waals surface area contributed by atoms with E-state index in [0.29, 0.717) is 22.7 Å². The van der Waals surface area contributed by atoms with E-state index >= 15 is 0 Å². The van der Waals surface area contributed by atoms with Gasteiger partial charge in [0.1, 0.15) is 16.4 Å². The standard InChI is InChI=1S/C28H29N5O7S/c1-17(2)31-41(37,38)25-16-22(33(35)36)11-14-24(25)40-28-19(4)26(27(34)29-20-8-6-7-18(3)15-20)30-32(28)21-9-12-23(39-5)13-10-21/h6-17,31H,1-5H3,(H,29,34). The number of nitro benzene ring substituents is 1. The van der Waals surface area contributed by atoms with Crippen LogP contribution in [0.3, 0.4) is 0 Å². The molecule has 13 heteroatoms. The van der Waals surface area contributed by atoms with Crippen LogP contribution in [0.5, 0.6) is 17.4 Å². The number of anilines is 1. The van der Waals surface area contributed by atoms with Gasteiger partial charge in [0.25, 0.3) is 11.6 Å². The molecule has 4 rings (SSSR count). The van der Waals surface area contributed by atoms with Crippen molar-refractivity contribution in [3.05, 3.63) is 93.7 Å². The van der Waals surface area contributed by atoms with Crippen LogP contribution in [0, 0.1) is 24.0 Å². The maximum absolute atomic E-state index is 13.3. The molecule has 0 radical (unpaired) electrons. The third kappa shape index (κ3) is 6.53. The lowest BCUT2D eigenvalue weighted by molar-refractivity contribution is -0.385. The molecule has 0 saturated carbocycles. The topological polar surface area (TPSA) is 155 Å². The van der Waals surface area contributed by atoms with Gasteiger partial charge >= 0.3 is 0 Å². The van der Waals surface area contributed by atoms with E-state index in [4.69, 9.17) is 9.47 Å². The van der Waals surface area contributed by atoms with Crippen molar-refractivity contribution < 1.29 is 27.6 Å². The average molecular weight is 580 g/mol. The number of hydrogen-bond acceptors (Lipinski definition) is 8. The Labute approximate surface area is 237 Å². The van der Waals surface area contributed by atoms with E-state index in [0.717, 1.165) is 17.7 Å². The molecule has 0 saturated heterocycles. The fourth-order valence-corrected chi connectivity index (χ4v) is 5.41. The van der Waals surface area contributed by atoms with Gasteiger partial charge in [-0.25, -0.2) is 13.1 Å². The third-order valence-corrected chi connectivity index (χ3v) is 7.58. The van der Waals surface area contributed by atoms with Gasteiger partial charge in [0.15, 0.2) is 5.69 Å². The minimum absolute atomic E-state index is 0.0314. The first-order valence-electron chi connectivity index (χ1n) is 12.5. The van der Waals surface area contributed by atoms with E-state index in [1.807, 2.05) is 19.1 Å². The number of carbonyl (C=O) groups is 1. The largest absolute Gasteiger partial charge is 0.497 e. The van der Waals surface area contributed by atoms with Crippen LogP contribution in [0.1, 0.15) is 35.5 Å². The van der Waals surface area contributed by atoms with Gasteiger partial charge in [0.05, 0.1) is 17.7 Å². The molecule has 1 heterocycles. The molecule has 1 amide bonds. The molecule has 0 spiro atoms. The summed E-state index contributed by atoms with van der Waals surface area (Å²) in [6.45, 7) is 6.75. The fourth-order valence-electron chi connectivity index (χ4n) is 4.01. The molecule has 0 atom stereocenters. The second-order valence-electron chi connectivity index (χ2n) is 9.48. The van der Waals surface area contributed by atoms with Crippen molar-refractivity contribution in [2.45, 2.75) is 38.6 Å². The summed E-state index contributed by atoms with van der Waals surface area (Å²) in [4.78, 5) is 23.6. The number of ether oxygens (including phenoxy) is 2. The van der Waals surface area contributed by atoms with Crippen LogP contribution in [0.15, 0.2) is 71.6 Å². The molecular weight excluding hydrogens is 550 g/mol. The number of aryl methyl sites for hydroxylation is 1. The number of aromatic nitrogens is 2. The minimum Gasteiger partial charge on any atom is -0.497 e. The summed E-state index contributed by atoms with van der Waals surface area (Å²) in [6, 6.07) is 16.8. The molecule has 0 aliphatic rings. The van der Waals surface area contributed by atoms with Crippen molar-refractivity contribution in [2.24, 2.45) is 0 Å². The Balaban J connectivity index is 1.85. The van der Waals surface area contributed by atoms with E-state index in [2.05, 4.69) is 15.1 Å². The number of rotatable bonds is 10. The van der Waals surface area contributed by atoms with Crippen molar-refractivity contribution in [2.75, 3.05) is 12.4 Å². The maximum atomic E-state index is 13.3. The summed E-state index contributed by atoms with van der Waals surface area (Å²) in [6.07, 6.45) is 0. The quantitative estimate of drug-likeness (QED) is 0.193. The molecule has 4 aromatic rings. The van der Waals surface area contributed by atoms with Gasteiger partial charge < -0.3 is 14.8 Å². The van der Waals surface area contributed by atoms with Crippen LogP contribution in [-0.2, 0) is 10.0 Å². The minimum atomic E-state index is -4.22. The summed E-state index contributed by atoms with van der Waals surface area (Å²) in [5.74, 6) is -0.0733. The SMILES string of the molecule is COc1ccc(-n2nc(C(=O)Nc3cccc(C)c3)c(C)c2Oc2ccc([N+](=O)[O-])cc2S(=O)(=O)NC(C)C)cc1. The van der Waals surface area contributed by atoms with Crippen molar-refractivity contribution in [3.63, 3.8) is 0 Å². The number of nitrogens with one attached hydrogen (secondary N) is 2. The van der Waals surface area contributed by atoms with E-state index in [-0.39, 0.29) is 17.3 Å².